The van der Waals surface area contributed by atoms with Crippen molar-refractivity contribution in [2.24, 2.45) is 0 Å². The molecule has 32 heavy (non-hydrogen) atoms. The molecule has 0 unspecified atom stereocenters. The molecule has 9 nitrogen and oxygen atoms in total. The molecule has 0 fully saturated rings. The van der Waals surface area contributed by atoms with Crippen LogP contribution in [0.25, 0.3) is 6.08 Å². The number of carbonyl (C=O) groups excluding carboxylic acids is 1. The predicted molar refractivity (Wildman–Crippen MR) is 118 cm³/mol. The van der Waals surface area contributed by atoms with E-state index in [0.717, 1.165) is 5.56 Å². The van der Waals surface area contributed by atoms with Gasteiger partial charge in [0, 0.05) is 32.4 Å². The number of nitriles is 1. The maximum Gasteiger partial charge on any atom is 0.269 e. The van der Waals surface area contributed by atoms with Crippen LogP contribution in [-0.4, -0.2) is 37.7 Å². The Kier molecular flexibility index (Phi) is 9.69. The summed E-state index contributed by atoms with van der Waals surface area (Å²) < 4.78 is 16.4. The third-order valence-corrected chi connectivity index (χ3v) is 4.30. The monoisotopic (exact) mass is 439 g/mol. The van der Waals surface area contributed by atoms with Crippen molar-refractivity contribution in [3.63, 3.8) is 0 Å². The molecule has 168 valence electrons. The molecular weight excluding hydrogens is 414 g/mol. The molecule has 0 radical (unpaired) electrons. The average molecular weight is 439 g/mol. The molecule has 2 rings (SSSR count). The van der Waals surface area contributed by atoms with Crippen molar-refractivity contribution >= 4 is 17.7 Å². The lowest BCUT2D eigenvalue weighted by atomic mass is 10.1. The quantitative estimate of drug-likeness (QED) is 0.176. The summed E-state index contributed by atoms with van der Waals surface area (Å²) in [5.41, 5.74) is 1.36. The van der Waals surface area contributed by atoms with E-state index in [0.29, 0.717) is 43.2 Å². The lowest BCUT2D eigenvalue weighted by Gasteiger charge is -2.13. The number of hydrogen-bond acceptors (Lipinski definition) is 7. The van der Waals surface area contributed by atoms with Gasteiger partial charge >= 0.3 is 0 Å². The highest BCUT2D eigenvalue weighted by atomic mass is 16.6. The maximum atomic E-state index is 12.2. The summed E-state index contributed by atoms with van der Waals surface area (Å²) in [5.74, 6) is 0.478. The number of carbonyl (C=O) groups is 1. The van der Waals surface area contributed by atoms with Crippen LogP contribution in [0.3, 0.4) is 0 Å². The van der Waals surface area contributed by atoms with Crippen LogP contribution in [-0.2, 0) is 16.1 Å². The second-order valence-electron chi connectivity index (χ2n) is 6.62. The third kappa shape index (κ3) is 7.41. The van der Waals surface area contributed by atoms with Crippen molar-refractivity contribution in [3.05, 3.63) is 69.3 Å². The summed E-state index contributed by atoms with van der Waals surface area (Å²) >= 11 is 0. The van der Waals surface area contributed by atoms with Crippen LogP contribution in [0.15, 0.2) is 48.0 Å². The first-order chi connectivity index (χ1) is 15.5. The fourth-order valence-electron chi connectivity index (χ4n) is 2.71. The Labute approximate surface area is 186 Å². The van der Waals surface area contributed by atoms with Crippen LogP contribution >= 0.6 is 0 Å². The minimum Gasteiger partial charge on any atom is -0.490 e. The zero-order valence-electron chi connectivity index (χ0n) is 18.0. The number of ether oxygens (including phenoxy) is 3. The minimum atomic E-state index is -0.459. The lowest BCUT2D eigenvalue weighted by Crippen LogP contribution is -2.26. The molecule has 0 aliphatic rings. The van der Waals surface area contributed by atoms with Crippen molar-refractivity contribution in [3.8, 4) is 17.6 Å². The lowest BCUT2D eigenvalue weighted by molar-refractivity contribution is -0.384. The highest BCUT2D eigenvalue weighted by Crippen LogP contribution is 2.30. The van der Waals surface area contributed by atoms with Gasteiger partial charge in [-0.3, -0.25) is 14.9 Å². The number of methoxy groups -OCH3 is 1. The first-order valence-electron chi connectivity index (χ1n) is 10.00. The van der Waals surface area contributed by atoms with Crippen molar-refractivity contribution in [1.82, 2.24) is 5.32 Å². The standard InChI is InChI=1S/C23H25N3O6/c1-3-31-22-14-18(13-19(15-24)23(27)25-11-4-12-30-2)7-10-21(22)32-16-17-5-8-20(9-6-17)26(28)29/h5-10,13-14H,3-4,11-12,16H2,1-2H3,(H,25,27)/b19-13+. The molecule has 1 amide bonds. The van der Waals surface area contributed by atoms with Gasteiger partial charge in [0.1, 0.15) is 18.2 Å². The molecule has 0 heterocycles. The molecule has 1 N–H and O–H groups in total. The molecule has 0 spiro atoms. The van der Waals surface area contributed by atoms with Gasteiger partial charge in [-0.15, -0.1) is 0 Å². The molecule has 0 bridgehead atoms. The number of nitro groups is 1. The first-order valence-corrected chi connectivity index (χ1v) is 10.00. The Balaban J connectivity index is 2.11. The summed E-state index contributed by atoms with van der Waals surface area (Å²) in [6.07, 6.45) is 2.13. The molecule has 0 aliphatic carbocycles. The van der Waals surface area contributed by atoms with Gasteiger partial charge in [0.05, 0.1) is 11.5 Å². The largest absolute Gasteiger partial charge is 0.490 e. The SMILES string of the molecule is CCOc1cc(/C=C(\C#N)C(=O)NCCCOC)ccc1OCc1ccc([N+](=O)[O-])cc1. The second-order valence-corrected chi connectivity index (χ2v) is 6.62. The summed E-state index contributed by atoms with van der Waals surface area (Å²) in [6, 6.07) is 13.1. The van der Waals surface area contributed by atoms with Gasteiger partial charge in [0.2, 0.25) is 0 Å². The van der Waals surface area contributed by atoms with Gasteiger partial charge in [-0.25, -0.2) is 0 Å². The Bertz CT molecular complexity index is 996. The van der Waals surface area contributed by atoms with E-state index >= 15 is 0 Å². The van der Waals surface area contributed by atoms with E-state index in [-0.39, 0.29) is 17.9 Å². The minimum absolute atomic E-state index is 0.0101. The van der Waals surface area contributed by atoms with Crippen LogP contribution < -0.4 is 14.8 Å². The highest BCUT2D eigenvalue weighted by Gasteiger charge is 2.11. The van der Waals surface area contributed by atoms with Crippen molar-refractivity contribution in [2.45, 2.75) is 20.0 Å². The number of nitrogens with zero attached hydrogens (tertiary/aromatic N) is 2. The number of rotatable bonds is 12. The molecule has 9 heteroatoms. The summed E-state index contributed by atoms with van der Waals surface area (Å²) in [7, 11) is 1.58. The Morgan fingerprint density at radius 2 is 1.94 bits per heavy atom. The Morgan fingerprint density at radius 3 is 2.56 bits per heavy atom. The fourth-order valence-corrected chi connectivity index (χ4v) is 2.71. The van der Waals surface area contributed by atoms with Crippen molar-refractivity contribution < 1.29 is 23.9 Å². The normalized spacial score (nSPS) is 10.8. The molecule has 0 aromatic heterocycles. The smallest absolute Gasteiger partial charge is 0.269 e. The number of nitro benzene ring substituents is 1. The molecule has 0 atom stereocenters. The second kappa shape index (κ2) is 12.7. The van der Waals surface area contributed by atoms with Crippen molar-refractivity contribution in [2.75, 3.05) is 26.9 Å². The molecule has 0 aliphatic heterocycles. The van der Waals surface area contributed by atoms with Crippen LogP contribution in [0.5, 0.6) is 11.5 Å². The summed E-state index contributed by atoms with van der Waals surface area (Å²) in [6.45, 7) is 3.35. The molecule has 2 aromatic carbocycles. The number of nitrogens with one attached hydrogen (secondary N) is 1. The van der Waals surface area contributed by atoms with Gasteiger partial charge in [-0.05, 0) is 54.8 Å². The fraction of sp³-hybridized carbons (Fsp3) is 0.304. The van der Waals surface area contributed by atoms with E-state index in [1.54, 1.807) is 37.4 Å². The van der Waals surface area contributed by atoms with E-state index in [2.05, 4.69) is 5.32 Å². The van der Waals surface area contributed by atoms with Gasteiger partial charge < -0.3 is 19.5 Å². The summed E-state index contributed by atoms with van der Waals surface area (Å²) in [4.78, 5) is 22.5. The van der Waals surface area contributed by atoms with Gasteiger partial charge in [0.15, 0.2) is 11.5 Å². The number of hydrogen-bond donors (Lipinski definition) is 1. The van der Waals surface area contributed by atoms with Gasteiger partial charge in [0.25, 0.3) is 11.6 Å². The van der Waals surface area contributed by atoms with E-state index in [1.165, 1.54) is 18.2 Å². The zero-order chi connectivity index (χ0) is 23.3. The zero-order valence-corrected chi connectivity index (χ0v) is 18.0. The number of amides is 1. The van der Waals surface area contributed by atoms with Crippen LogP contribution in [0.4, 0.5) is 5.69 Å². The van der Waals surface area contributed by atoms with Crippen LogP contribution in [0.2, 0.25) is 0 Å². The van der Waals surface area contributed by atoms with Gasteiger partial charge in [-0.1, -0.05) is 6.07 Å². The number of benzene rings is 2. The molecule has 2 aromatic rings. The topological polar surface area (TPSA) is 124 Å². The van der Waals surface area contributed by atoms with E-state index in [9.17, 15) is 20.2 Å². The van der Waals surface area contributed by atoms with Crippen LogP contribution in [0.1, 0.15) is 24.5 Å². The molecule has 0 saturated carbocycles. The van der Waals surface area contributed by atoms with E-state index in [1.807, 2.05) is 13.0 Å². The third-order valence-electron chi connectivity index (χ3n) is 4.30. The maximum absolute atomic E-state index is 12.2. The molecular formula is C23H25N3O6. The van der Waals surface area contributed by atoms with Gasteiger partial charge in [-0.2, -0.15) is 5.26 Å². The average Bonchev–Trinajstić information content (AvgIpc) is 2.80. The van der Waals surface area contributed by atoms with Crippen molar-refractivity contribution in [1.29, 1.82) is 5.26 Å². The first kappa shape index (κ1) is 24.4. The number of non-ortho nitro benzene ring substituents is 1. The highest BCUT2D eigenvalue weighted by molar-refractivity contribution is 6.01. The Morgan fingerprint density at radius 1 is 1.19 bits per heavy atom. The Hall–Kier alpha value is -3.90. The van der Waals surface area contributed by atoms with Crippen LogP contribution in [0, 0.1) is 21.4 Å². The predicted octanol–water partition coefficient (Wildman–Crippen LogP) is 3.63. The van der Waals surface area contributed by atoms with E-state index < -0.39 is 10.8 Å². The van der Waals surface area contributed by atoms with E-state index in [4.69, 9.17) is 14.2 Å². The summed E-state index contributed by atoms with van der Waals surface area (Å²) in [5, 5.41) is 22.8. The molecule has 0 saturated heterocycles.